The topological polar surface area (TPSA) is 113 Å². The molecular weight excluding hydrogens is 392 g/mol. The van der Waals surface area contributed by atoms with Crippen LogP contribution in [0.2, 0.25) is 5.02 Å². The number of hydrazine groups is 1. The Bertz CT molecular complexity index is 933. The third-order valence-corrected chi connectivity index (χ3v) is 3.69. The number of nitro groups is 1. The highest BCUT2D eigenvalue weighted by molar-refractivity contribution is 7.80. The summed E-state index contributed by atoms with van der Waals surface area (Å²) in [5.41, 5.74) is 5.32. The van der Waals surface area contributed by atoms with Gasteiger partial charge in [0, 0.05) is 18.2 Å². The van der Waals surface area contributed by atoms with E-state index >= 15 is 0 Å². The third-order valence-electron chi connectivity index (χ3n) is 3.15. The van der Waals surface area contributed by atoms with Crippen LogP contribution in [0.25, 0.3) is 6.08 Å². The van der Waals surface area contributed by atoms with Crippen LogP contribution in [0.15, 0.2) is 54.6 Å². The van der Waals surface area contributed by atoms with Crippen LogP contribution in [-0.4, -0.2) is 21.9 Å². The maximum atomic E-state index is 12.0. The monoisotopic (exact) mass is 404 g/mol. The fourth-order valence-corrected chi connectivity index (χ4v) is 2.30. The van der Waals surface area contributed by atoms with E-state index in [9.17, 15) is 19.7 Å². The molecule has 3 N–H and O–H groups in total. The normalized spacial score (nSPS) is 10.3. The number of rotatable bonds is 4. The lowest BCUT2D eigenvalue weighted by Crippen LogP contribution is -2.48. The van der Waals surface area contributed by atoms with Gasteiger partial charge < -0.3 is 0 Å². The molecule has 0 saturated carbocycles. The number of benzene rings is 2. The molecule has 0 aliphatic heterocycles. The first-order valence-corrected chi connectivity index (χ1v) is 8.24. The Labute approximate surface area is 164 Å². The van der Waals surface area contributed by atoms with Crippen molar-refractivity contribution in [3.05, 3.63) is 80.9 Å². The highest BCUT2D eigenvalue weighted by atomic mass is 35.5. The number of hydrogen-bond donors (Lipinski definition) is 3. The van der Waals surface area contributed by atoms with Crippen molar-refractivity contribution in [3.63, 3.8) is 0 Å². The summed E-state index contributed by atoms with van der Waals surface area (Å²) in [5, 5.41) is 13.2. The van der Waals surface area contributed by atoms with Gasteiger partial charge in [-0.15, -0.1) is 0 Å². The minimum absolute atomic E-state index is 0.0861. The van der Waals surface area contributed by atoms with E-state index in [1.165, 1.54) is 30.3 Å². The molecule has 0 aliphatic carbocycles. The van der Waals surface area contributed by atoms with Gasteiger partial charge in [0.25, 0.3) is 11.6 Å². The summed E-state index contributed by atoms with van der Waals surface area (Å²) in [6.45, 7) is 0. The quantitative estimate of drug-likeness (QED) is 0.312. The first-order chi connectivity index (χ1) is 12.9. The minimum atomic E-state index is -0.578. The van der Waals surface area contributed by atoms with Crippen LogP contribution in [0.4, 0.5) is 5.69 Å². The maximum absolute atomic E-state index is 12.0. The average Bonchev–Trinajstić information content (AvgIpc) is 2.65. The van der Waals surface area contributed by atoms with Gasteiger partial charge in [-0.3, -0.25) is 35.9 Å². The fourth-order valence-electron chi connectivity index (χ4n) is 1.92. The Morgan fingerprint density at radius 2 is 1.85 bits per heavy atom. The van der Waals surface area contributed by atoms with Gasteiger partial charge in [-0.05, 0) is 36.0 Å². The van der Waals surface area contributed by atoms with Gasteiger partial charge in [0.05, 0.1) is 15.5 Å². The molecule has 0 bridgehead atoms. The molecule has 2 aromatic rings. The number of nitrogens with zero attached hydrogens (tertiary/aromatic N) is 1. The molecule has 0 radical (unpaired) electrons. The van der Waals surface area contributed by atoms with Crippen LogP contribution in [-0.2, 0) is 4.79 Å². The molecule has 2 aromatic carbocycles. The third kappa shape index (κ3) is 6.17. The zero-order chi connectivity index (χ0) is 19.8. The lowest BCUT2D eigenvalue weighted by atomic mass is 10.2. The van der Waals surface area contributed by atoms with Gasteiger partial charge in [-0.2, -0.15) is 0 Å². The standard InChI is InChI=1S/C17H13ClN4O4S/c18-14-7-2-1-6-13(14)16(24)20-21-17(27)19-15(23)9-8-11-4-3-5-12(10-11)22(25)26/h1-10H,(H,20,24)(H2,19,21,23,27)/b9-8+. The predicted molar refractivity (Wildman–Crippen MR) is 105 cm³/mol. The van der Waals surface area contributed by atoms with E-state index in [1.807, 2.05) is 0 Å². The largest absolute Gasteiger partial charge is 0.298 e. The first-order valence-electron chi connectivity index (χ1n) is 7.45. The van der Waals surface area contributed by atoms with Crippen molar-refractivity contribution in [2.75, 3.05) is 0 Å². The zero-order valence-electron chi connectivity index (χ0n) is 13.6. The summed E-state index contributed by atoms with van der Waals surface area (Å²) < 4.78 is 0. The summed E-state index contributed by atoms with van der Waals surface area (Å²) in [7, 11) is 0. The van der Waals surface area contributed by atoms with E-state index in [4.69, 9.17) is 23.8 Å². The van der Waals surface area contributed by atoms with Crippen molar-refractivity contribution >= 4 is 52.5 Å². The Balaban J connectivity index is 1.86. The number of nitrogens with one attached hydrogen (secondary N) is 3. The van der Waals surface area contributed by atoms with Crippen molar-refractivity contribution < 1.29 is 14.5 Å². The van der Waals surface area contributed by atoms with E-state index < -0.39 is 16.7 Å². The Morgan fingerprint density at radius 3 is 2.56 bits per heavy atom. The lowest BCUT2D eigenvalue weighted by molar-refractivity contribution is -0.384. The Kier molecular flexibility index (Phi) is 6.98. The van der Waals surface area contributed by atoms with Crippen molar-refractivity contribution in [2.45, 2.75) is 0 Å². The van der Waals surface area contributed by atoms with Crippen molar-refractivity contribution in [3.8, 4) is 0 Å². The van der Waals surface area contributed by atoms with E-state index in [1.54, 1.807) is 24.3 Å². The van der Waals surface area contributed by atoms with Crippen molar-refractivity contribution in [2.24, 2.45) is 0 Å². The number of thiocarbonyl (C=S) groups is 1. The van der Waals surface area contributed by atoms with Crippen LogP contribution >= 0.6 is 23.8 Å². The Morgan fingerprint density at radius 1 is 1.11 bits per heavy atom. The second kappa shape index (κ2) is 9.41. The number of hydrogen-bond acceptors (Lipinski definition) is 5. The van der Waals surface area contributed by atoms with Gasteiger partial charge in [0.2, 0.25) is 5.91 Å². The fraction of sp³-hybridized carbons (Fsp3) is 0. The zero-order valence-corrected chi connectivity index (χ0v) is 15.2. The smallest absolute Gasteiger partial charge is 0.271 e. The lowest BCUT2D eigenvalue weighted by Gasteiger charge is -2.10. The number of nitro benzene ring substituents is 1. The van der Waals surface area contributed by atoms with E-state index in [0.29, 0.717) is 5.56 Å². The summed E-state index contributed by atoms with van der Waals surface area (Å²) >= 11 is 10.8. The van der Waals surface area contributed by atoms with E-state index in [0.717, 1.165) is 6.08 Å². The molecule has 10 heteroatoms. The molecular formula is C17H13ClN4O4S. The van der Waals surface area contributed by atoms with E-state index in [-0.39, 0.29) is 21.4 Å². The molecule has 138 valence electrons. The summed E-state index contributed by atoms with van der Waals surface area (Å²) in [5.74, 6) is -1.10. The van der Waals surface area contributed by atoms with Gasteiger partial charge >= 0.3 is 0 Å². The van der Waals surface area contributed by atoms with Crippen molar-refractivity contribution in [1.29, 1.82) is 0 Å². The van der Waals surface area contributed by atoms with Crippen LogP contribution in [0.5, 0.6) is 0 Å². The maximum Gasteiger partial charge on any atom is 0.271 e. The van der Waals surface area contributed by atoms with Gasteiger partial charge in [-0.25, -0.2) is 0 Å². The average molecular weight is 405 g/mol. The molecule has 0 heterocycles. The Hall–Kier alpha value is -3.30. The summed E-state index contributed by atoms with van der Waals surface area (Å²) in [4.78, 5) is 34.0. The minimum Gasteiger partial charge on any atom is -0.298 e. The molecule has 0 aliphatic rings. The van der Waals surface area contributed by atoms with Crippen LogP contribution in [0, 0.1) is 10.1 Å². The highest BCUT2D eigenvalue weighted by Gasteiger charge is 2.10. The second-order valence-corrected chi connectivity index (χ2v) is 5.88. The number of non-ortho nitro benzene ring substituents is 1. The molecule has 0 saturated heterocycles. The summed E-state index contributed by atoms with van der Waals surface area (Å²) in [6, 6.07) is 12.2. The molecule has 2 amide bonds. The summed E-state index contributed by atoms with van der Waals surface area (Å²) in [6.07, 6.45) is 2.55. The predicted octanol–water partition coefficient (Wildman–Crippen LogP) is 2.60. The molecule has 0 fully saturated rings. The number of halogens is 1. The SMILES string of the molecule is O=C(/C=C/c1cccc([N+](=O)[O-])c1)NC(=S)NNC(=O)c1ccccc1Cl. The molecule has 27 heavy (non-hydrogen) atoms. The molecule has 0 spiro atoms. The highest BCUT2D eigenvalue weighted by Crippen LogP contribution is 2.14. The van der Waals surface area contributed by atoms with E-state index in [2.05, 4.69) is 16.2 Å². The van der Waals surface area contributed by atoms with Crippen LogP contribution in [0.1, 0.15) is 15.9 Å². The van der Waals surface area contributed by atoms with Gasteiger partial charge in [-0.1, -0.05) is 35.9 Å². The molecule has 0 unspecified atom stereocenters. The van der Waals surface area contributed by atoms with Crippen LogP contribution in [0.3, 0.4) is 0 Å². The molecule has 0 aromatic heterocycles. The molecule has 0 atom stereocenters. The molecule has 8 nitrogen and oxygen atoms in total. The number of carbonyl (C=O) groups excluding carboxylic acids is 2. The van der Waals surface area contributed by atoms with Crippen LogP contribution < -0.4 is 16.2 Å². The number of amides is 2. The van der Waals surface area contributed by atoms with Crippen molar-refractivity contribution in [1.82, 2.24) is 16.2 Å². The van der Waals surface area contributed by atoms with Gasteiger partial charge in [0.1, 0.15) is 0 Å². The number of carbonyl (C=O) groups is 2. The second-order valence-electron chi connectivity index (χ2n) is 5.06. The first kappa shape index (κ1) is 20.0. The van der Waals surface area contributed by atoms with Gasteiger partial charge in [0.15, 0.2) is 5.11 Å². The molecule has 2 rings (SSSR count).